The highest BCUT2D eigenvalue weighted by Gasteiger charge is 2.38. The molecular formula is C26H18N2O4. The van der Waals surface area contributed by atoms with E-state index < -0.39 is 11.6 Å². The van der Waals surface area contributed by atoms with Crippen LogP contribution in [0.4, 0.5) is 22.7 Å². The molecule has 0 spiro atoms. The van der Waals surface area contributed by atoms with E-state index in [1.807, 2.05) is 60.7 Å². The Balaban J connectivity index is 1.67. The molecule has 0 bridgehead atoms. The van der Waals surface area contributed by atoms with Crippen LogP contribution in [0.3, 0.4) is 0 Å². The van der Waals surface area contributed by atoms with Gasteiger partial charge in [-0.1, -0.05) is 36.4 Å². The maximum absolute atomic E-state index is 13.6. The zero-order valence-corrected chi connectivity index (χ0v) is 16.8. The molecule has 4 aromatic rings. The van der Waals surface area contributed by atoms with Crippen LogP contribution in [0.2, 0.25) is 0 Å². The molecule has 1 aliphatic carbocycles. The van der Waals surface area contributed by atoms with Crippen molar-refractivity contribution in [3.8, 4) is 11.5 Å². The van der Waals surface area contributed by atoms with Gasteiger partial charge < -0.3 is 20.8 Å². The first-order chi connectivity index (χ1) is 15.5. The molecule has 0 radical (unpaired) electrons. The molecule has 0 unspecified atom stereocenters. The lowest BCUT2D eigenvalue weighted by molar-refractivity contribution is 0.0975. The molecule has 0 aliphatic heterocycles. The number of benzene rings is 4. The van der Waals surface area contributed by atoms with Crippen molar-refractivity contribution in [1.82, 2.24) is 0 Å². The fourth-order valence-corrected chi connectivity index (χ4v) is 3.93. The van der Waals surface area contributed by atoms with Crippen LogP contribution in [0.15, 0.2) is 84.9 Å². The lowest BCUT2D eigenvalue weighted by Crippen LogP contribution is -2.23. The van der Waals surface area contributed by atoms with Crippen LogP contribution >= 0.6 is 0 Å². The second-order valence-electron chi connectivity index (χ2n) is 7.40. The molecule has 0 atom stereocenters. The Kier molecular flexibility index (Phi) is 4.60. The summed E-state index contributed by atoms with van der Waals surface area (Å²) >= 11 is 0. The second kappa shape index (κ2) is 7.59. The quantitative estimate of drug-likeness (QED) is 0.291. The third-order valence-electron chi connectivity index (χ3n) is 5.38. The van der Waals surface area contributed by atoms with Gasteiger partial charge in [-0.25, -0.2) is 0 Å². The number of ketones is 2. The van der Waals surface area contributed by atoms with E-state index >= 15 is 0 Å². The van der Waals surface area contributed by atoms with E-state index in [1.54, 1.807) is 12.1 Å². The second-order valence-corrected chi connectivity index (χ2v) is 7.40. The Hall–Kier alpha value is -4.58. The number of rotatable bonds is 4. The molecular weight excluding hydrogens is 404 g/mol. The van der Waals surface area contributed by atoms with E-state index in [0.717, 1.165) is 11.4 Å². The minimum absolute atomic E-state index is 0.0264. The summed E-state index contributed by atoms with van der Waals surface area (Å²) in [6.07, 6.45) is 0. The Morgan fingerprint density at radius 1 is 0.469 bits per heavy atom. The smallest absolute Gasteiger partial charge is 0.200 e. The number of fused-ring (bicyclic) bond motifs is 2. The van der Waals surface area contributed by atoms with Gasteiger partial charge >= 0.3 is 0 Å². The topological polar surface area (TPSA) is 98.7 Å². The average Bonchev–Trinajstić information content (AvgIpc) is 2.81. The van der Waals surface area contributed by atoms with Gasteiger partial charge in [-0.05, 0) is 48.5 Å². The van der Waals surface area contributed by atoms with Crippen molar-refractivity contribution in [3.63, 3.8) is 0 Å². The van der Waals surface area contributed by atoms with Crippen molar-refractivity contribution in [2.45, 2.75) is 0 Å². The summed E-state index contributed by atoms with van der Waals surface area (Å²) < 4.78 is 0. The van der Waals surface area contributed by atoms with Crippen molar-refractivity contribution in [2.75, 3.05) is 10.6 Å². The summed E-state index contributed by atoms with van der Waals surface area (Å²) in [6, 6.07) is 24.2. The normalized spacial score (nSPS) is 12.1. The number of hydrogen-bond acceptors (Lipinski definition) is 6. The van der Waals surface area contributed by atoms with Crippen molar-refractivity contribution in [2.24, 2.45) is 0 Å². The zero-order chi connectivity index (χ0) is 22.2. The molecule has 0 aromatic heterocycles. The van der Waals surface area contributed by atoms with Gasteiger partial charge in [0, 0.05) is 11.4 Å². The van der Waals surface area contributed by atoms with Crippen LogP contribution in [0.25, 0.3) is 0 Å². The number of aromatic hydroxyl groups is 2. The molecule has 1 aliphatic rings. The van der Waals surface area contributed by atoms with Crippen molar-refractivity contribution >= 4 is 34.3 Å². The molecule has 0 saturated heterocycles. The standard InChI is InChI=1S/C26H18N2O4/c29-19-13-11-17(27-15-7-3-1-4-8-15)21-23(19)26(32)22-18(28-16-9-5-2-6-10-16)12-14-20(30)24(22)25(21)31/h1-14,27-30H. The van der Waals surface area contributed by atoms with Gasteiger partial charge in [-0.2, -0.15) is 0 Å². The van der Waals surface area contributed by atoms with Gasteiger partial charge in [0.15, 0.2) is 0 Å². The Morgan fingerprint density at radius 2 is 0.844 bits per heavy atom. The van der Waals surface area contributed by atoms with Crippen LogP contribution in [-0.2, 0) is 0 Å². The molecule has 0 heterocycles. The summed E-state index contributed by atoms with van der Waals surface area (Å²) in [5.41, 5.74) is 2.04. The molecule has 5 rings (SSSR count). The van der Waals surface area contributed by atoms with Crippen LogP contribution < -0.4 is 10.6 Å². The Morgan fingerprint density at radius 3 is 1.22 bits per heavy atom. The maximum atomic E-state index is 13.6. The molecule has 32 heavy (non-hydrogen) atoms. The summed E-state index contributed by atoms with van der Waals surface area (Å²) in [7, 11) is 0. The van der Waals surface area contributed by atoms with Crippen molar-refractivity contribution < 1.29 is 19.8 Å². The SMILES string of the molecule is O=C1c2c(O)ccc(Nc3ccccc3)c2C(=O)c2c(O)ccc(Nc3ccccc3)c21. The number of carbonyl (C=O) groups is 2. The number of nitrogens with one attached hydrogen (secondary N) is 2. The third kappa shape index (κ3) is 3.15. The van der Waals surface area contributed by atoms with Gasteiger partial charge in [0.2, 0.25) is 11.6 Å². The fourth-order valence-electron chi connectivity index (χ4n) is 3.93. The molecule has 0 fully saturated rings. The first-order valence-corrected chi connectivity index (χ1v) is 10.00. The van der Waals surface area contributed by atoms with E-state index in [-0.39, 0.29) is 33.8 Å². The lowest BCUT2D eigenvalue weighted by Gasteiger charge is -2.24. The highest BCUT2D eigenvalue weighted by Crippen LogP contribution is 2.43. The fraction of sp³-hybridized carbons (Fsp3) is 0. The highest BCUT2D eigenvalue weighted by atomic mass is 16.3. The van der Waals surface area contributed by atoms with Gasteiger partial charge in [-0.3, -0.25) is 9.59 Å². The molecule has 0 saturated carbocycles. The first kappa shape index (κ1) is 19.4. The molecule has 6 nitrogen and oxygen atoms in total. The number of anilines is 4. The minimum Gasteiger partial charge on any atom is -0.507 e. The molecule has 6 heteroatoms. The van der Waals surface area contributed by atoms with Crippen LogP contribution in [0.5, 0.6) is 11.5 Å². The lowest BCUT2D eigenvalue weighted by atomic mass is 9.81. The van der Waals surface area contributed by atoms with Crippen LogP contribution in [0, 0.1) is 0 Å². The summed E-state index contributed by atoms with van der Waals surface area (Å²) in [5.74, 6) is -1.68. The van der Waals surface area contributed by atoms with Gasteiger partial charge in [0.1, 0.15) is 11.5 Å². The highest BCUT2D eigenvalue weighted by molar-refractivity contribution is 6.33. The summed E-state index contributed by atoms with van der Waals surface area (Å²) in [6.45, 7) is 0. The monoisotopic (exact) mass is 422 g/mol. The summed E-state index contributed by atoms with van der Waals surface area (Å²) in [4.78, 5) is 27.1. The van der Waals surface area contributed by atoms with E-state index in [4.69, 9.17) is 0 Å². The molecule has 4 aromatic carbocycles. The number of phenols is 2. The number of phenolic OH excluding ortho intramolecular Hbond substituents is 2. The van der Waals surface area contributed by atoms with E-state index in [9.17, 15) is 19.8 Å². The largest absolute Gasteiger partial charge is 0.507 e. The van der Waals surface area contributed by atoms with Gasteiger partial charge in [0.25, 0.3) is 0 Å². The summed E-state index contributed by atoms with van der Waals surface area (Å²) in [5, 5.41) is 27.3. The minimum atomic E-state index is -0.543. The van der Waals surface area contributed by atoms with Gasteiger partial charge in [-0.15, -0.1) is 0 Å². The average molecular weight is 422 g/mol. The van der Waals surface area contributed by atoms with Crippen molar-refractivity contribution in [3.05, 3.63) is 107 Å². The zero-order valence-electron chi connectivity index (χ0n) is 16.8. The van der Waals surface area contributed by atoms with E-state index in [1.165, 1.54) is 12.1 Å². The van der Waals surface area contributed by atoms with Crippen LogP contribution in [0.1, 0.15) is 31.8 Å². The van der Waals surface area contributed by atoms with Crippen LogP contribution in [-0.4, -0.2) is 21.8 Å². The predicted octanol–water partition coefficient (Wildman–Crippen LogP) is 5.36. The molecule has 4 N–H and O–H groups in total. The predicted molar refractivity (Wildman–Crippen MR) is 123 cm³/mol. The molecule has 156 valence electrons. The number of para-hydroxylation sites is 2. The van der Waals surface area contributed by atoms with E-state index in [2.05, 4.69) is 10.6 Å². The number of hydrogen-bond donors (Lipinski definition) is 4. The Labute approximate surface area is 183 Å². The van der Waals surface area contributed by atoms with E-state index in [0.29, 0.717) is 11.4 Å². The Bertz CT molecular complexity index is 1260. The first-order valence-electron chi connectivity index (χ1n) is 10.00. The third-order valence-corrected chi connectivity index (χ3v) is 5.38. The number of carbonyl (C=O) groups excluding carboxylic acids is 2. The van der Waals surface area contributed by atoms with Gasteiger partial charge in [0.05, 0.1) is 33.6 Å². The van der Waals surface area contributed by atoms with Crippen molar-refractivity contribution in [1.29, 1.82) is 0 Å². The molecule has 0 amide bonds. The maximum Gasteiger partial charge on any atom is 0.200 e.